The average Bonchev–Trinajstić information content (AvgIpc) is 2.35. The van der Waals surface area contributed by atoms with Gasteiger partial charge in [-0.3, -0.25) is 0 Å². The van der Waals surface area contributed by atoms with Gasteiger partial charge in [0.25, 0.3) is 0 Å². The topological polar surface area (TPSA) is 86.4 Å². The number of nitrogens with zero attached hydrogens (tertiary/aromatic N) is 4. The van der Waals surface area contributed by atoms with E-state index in [1.54, 1.807) is 0 Å². The van der Waals surface area contributed by atoms with E-state index in [1.807, 2.05) is 18.9 Å². The highest BCUT2D eigenvalue weighted by atomic mass is 16.5. The normalized spacial score (nSPS) is 12.1. The summed E-state index contributed by atoms with van der Waals surface area (Å²) in [6.07, 6.45) is 0. The number of anilines is 1. The van der Waals surface area contributed by atoms with Crippen LogP contribution in [0.1, 0.15) is 6.92 Å². The molecule has 0 radical (unpaired) electrons. The summed E-state index contributed by atoms with van der Waals surface area (Å²) in [6, 6.07) is 0.563. The second kappa shape index (κ2) is 5.45. The minimum Gasteiger partial charge on any atom is -0.467 e. The lowest BCUT2D eigenvalue weighted by molar-refractivity contribution is 0.339. The molecule has 7 nitrogen and oxygen atoms in total. The molecular formula is C9H17N5O2. The molecular weight excluding hydrogens is 210 g/mol. The van der Waals surface area contributed by atoms with E-state index in [1.165, 1.54) is 14.2 Å². The summed E-state index contributed by atoms with van der Waals surface area (Å²) in [5, 5.41) is 0. The van der Waals surface area contributed by atoms with Gasteiger partial charge < -0.3 is 20.1 Å². The summed E-state index contributed by atoms with van der Waals surface area (Å²) in [6.45, 7) is 2.48. The second-order valence-corrected chi connectivity index (χ2v) is 3.30. The highest BCUT2D eigenvalue weighted by Gasteiger charge is 2.14. The lowest BCUT2D eigenvalue weighted by atomic mass is 10.3. The SMILES string of the molecule is COc1nc(OC)nc(N(C)C(C)CN)n1. The van der Waals surface area contributed by atoms with E-state index >= 15 is 0 Å². The number of rotatable bonds is 5. The Morgan fingerprint density at radius 1 is 1.19 bits per heavy atom. The first-order chi connectivity index (χ1) is 7.62. The Kier molecular flexibility index (Phi) is 4.24. The Morgan fingerprint density at radius 2 is 1.69 bits per heavy atom. The van der Waals surface area contributed by atoms with Gasteiger partial charge in [0.05, 0.1) is 14.2 Å². The van der Waals surface area contributed by atoms with Crippen molar-refractivity contribution in [2.75, 3.05) is 32.7 Å². The van der Waals surface area contributed by atoms with Crippen molar-refractivity contribution < 1.29 is 9.47 Å². The molecule has 7 heteroatoms. The smallest absolute Gasteiger partial charge is 0.324 e. The second-order valence-electron chi connectivity index (χ2n) is 3.30. The van der Waals surface area contributed by atoms with Crippen LogP contribution >= 0.6 is 0 Å². The summed E-state index contributed by atoms with van der Waals surface area (Å²) >= 11 is 0. The molecule has 1 heterocycles. The lowest BCUT2D eigenvalue weighted by Crippen LogP contribution is -2.36. The quantitative estimate of drug-likeness (QED) is 0.737. The fraction of sp³-hybridized carbons (Fsp3) is 0.667. The molecule has 0 aliphatic carbocycles. The summed E-state index contributed by atoms with van der Waals surface area (Å²) in [4.78, 5) is 14.0. The van der Waals surface area contributed by atoms with Crippen molar-refractivity contribution in [1.29, 1.82) is 0 Å². The highest BCUT2D eigenvalue weighted by molar-refractivity contribution is 5.32. The molecule has 2 N–H and O–H groups in total. The molecule has 0 bridgehead atoms. The number of aromatic nitrogens is 3. The number of hydrogen-bond acceptors (Lipinski definition) is 7. The number of nitrogens with two attached hydrogens (primary N) is 1. The van der Waals surface area contributed by atoms with Gasteiger partial charge in [-0.1, -0.05) is 0 Å². The first-order valence-electron chi connectivity index (χ1n) is 4.89. The molecule has 1 atom stereocenters. The van der Waals surface area contributed by atoms with Crippen molar-refractivity contribution in [3.8, 4) is 12.0 Å². The van der Waals surface area contributed by atoms with Crippen LogP contribution in [0.4, 0.5) is 5.95 Å². The molecule has 0 spiro atoms. The Hall–Kier alpha value is -1.63. The summed E-state index contributed by atoms with van der Waals surface area (Å²) in [5.41, 5.74) is 5.58. The van der Waals surface area contributed by atoms with E-state index in [0.29, 0.717) is 12.5 Å². The molecule has 0 aliphatic rings. The zero-order valence-corrected chi connectivity index (χ0v) is 9.97. The van der Waals surface area contributed by atoms with E-state index in [2.05, 4.69) is 15.0 Å². The predicted molar refractivity (Wildman–Crippen MR) is 59.9 cm³/mol. The van der Waals surface area contributed by atoms with Gasteiger partial charge in [-0.2, -0.15) is 9.97 Å². The van der Waals surface area contributed by atoms with Crippen LogP contribution in [0.3, 0.4) is 0 Å². The Labute approximate surface area is 94.6 Å². The monoisotopic (exact) mass is 227 g/mol. The third-order valence-corrected chi connectivity index (χ3v) is 2.27. The average molecular weight is 227 g/mol. The standard InChI is InChI=1S/C9H17N5O2/c1-6(5-10)14(2)7-11-8(15-3)13-9(12-7)16-4/h6H,5,10H2,1-4H3. The molecule has 1 aromatic rings. The van der Waals surface area contributed by atoms with Crippen molar-refractivity contribution in [2.24, 2.45) is 5.73 Å². The minimum atomic E-state index is 0.122. The van der Waals surface area contributed by atoms with Gasteiger partial charge in [-0.15, -0.1) is 4.98 Å². The zero-order chi connectivity index (χ0) is 12.1. The van der Waals surface area contributed by atoms with Crippen LogP contribution in [0.5, 0.6) is 12.0 Å². The van der Waals surface area contributed by atoms with E-state index < -0.39 is 0 Å². The largest absolute Gasteiger partial charge is 0.467 e. The van der Waals surface area contributed by atoms with Gasteiger partial charge in [0.1, 0.15) is 0 Å². The molecule has 0 amide bonds. The van der Waals surface area contributed by atoms with Gasteiger partial charge in [0, 0.05) is 19.6 Å². The van der Waals surface area contributed by atoms with Crippen molar-refractivity contribution in [2.45, 2.75) is 13.0 Å². The zero-order valence-electron chi connectivity index (χ0n) is 9.97. The van der Waals surface area contributed by atoms with E-state index in [9.17, 15) is 0 Å². The fourth-order valence-electron chi connectivity index (χ4n) is 1.02. The molecule has 90 valence electrons. The maximum atomic E-state index is 5.58. The molecule has 0 saturated carbocycles. The van der Waals surface area contributed by atoms with E-state index in [0.717, 1.165) is 0 Å². The molecule has 0 fully saturated rings. The first-order valence-corrected chi connectivity index (χ1v) is 4.89. The van der Waals surface area contributed by atoms with Gasteiger partial charge in [-0.25, -0.2) is 0 Å². The molecule has 1 unspecified atom stereocenters. The van der Waals surface area contributed by atoms with Gasteiger partial charge in [-0.05, 0) is 6.92 Å². The van der Waals surface area contributed by atoms with Crippen molar-refractivity contribution >= 4 is 5.95 Å². The van der Waals surface area contributed by atoms with Crippen LogP contribution in [0.25, 0.3) is 0 Å². The number of ether oxygens (including phenoxy) is 2. The third-order valence-electron chi connectivity index (χ3n) is 2.27. The number of likely N-dealkylation sites (N-methyl/N-ethyl adjacent to an activating group) is 1. The van der Waals surface area contributed by atoms with Crippen LogP contribution in [-0.2, 0) is 0 Å². The molecule has 0 aliphatic heterocycles. The summed E-state index contributed by atoms with van der Waals surface area (Å²) in [5.74, 6) is 0.474. The van der Waals surface area contributed by atoms with Crippen molar-refractivity contribution in [3.05, 3.63) is 0 Å². The Balaban J connectivity index is 3.02. The van der Waals surface area contributed by atoms with E-state index in [-0.39, 0.29) is 18.1 Å². The number of methoxy groups -OCH3 is 2. The van der Waals surface area contributed by atoms with Crippen LogP contribution in [0, 0.1) is 0 Å². The van der Waals surface area contributed by atoms with Crippen LogP contribution in [0.15, 0.2) is 0 Å². The maximum absolute atomic E-state index is 5.58. The molecule has 16 heavy (non-hydrogen) atoms. The van der Waals surface area contributed by atoms with Crippen molar-refractivity contribution in [1.82, 2.24) is 15.0 Å². The van der Waals surface area contributed by atoms with Crippen molar-refractivity contribution in [3.63, 3.8) is 0 Å². The Bertz CT molecular complexity index is 324. The highest BCUT2D eigenvalue weighted by Crippen LogP contribution is 2.16. The first kappa shape index (κ1) is 12.4. The fourth-order valence-corrected chi connectivity index (χ4v) is 1.02. The lowest BCUT2D eigenvalue weighted by Gasteiger charge is -2.23. The van der Waals surface area contributed by atoms with Crippen LogP contribution < -0.4 is 20.1 Å². The summed E-state index contributed by atoms with van der Waals surface area (Å²) in [7, 11) is 4.83. The van der Waals surface area contributed by atoms with Gasteiger partial charge in [0.15, 0.2) is 0 Å². The third kappa shape index (κ3) is 2.69. The van der Waals surface area contributed by atoms with Crippen LogP contribution in [-0.4, -0.2) is 48.8 Å². The maximum Gasteiger partial charge on any atom is 0.324 e. The molecule has 0 aromatic carbocycles. The van der Waals surface area contributed by atoms with Gasteiger partial charge in [0.2, 0.25) is 5.95 Å². The Morgan fingerprint density at radius 3 is 2.06 bits per heavy atom. The van der Waals surface area contributed by atoms with E-state index in [4.69, 9.17) is 15.2 Å². The predicted octanol–water partition coefficient (Wildman–Crippen LogP) is -0.328. The summed E-state index contributed by atoms with van der Waals surface area (Å²) < 4.78 is 9.92. The molecule has 1 rings (SSSR count). The number of hydrogen-bond donors (Lipinski definition) is 1. The van der Waals surface area contributed by atoms with Crippen LogP contribution in [0.2, 0.25) is 0 Å². The minimum absolute atomic E-state index is 0.122. The molecule has 0 saturated heterocycles. The molecule has 1 aromatic heterocycles. The van der Waals surface area contributed by atoms with Gasteiger partial charge >= 0.3 is 12.0 Å².